The summed E-state index contributed by atoms with van der Waals surface area (Å²) in [7, 11) is 0. The predicted octanol–water partition coefficient (Wildman–Crippen LogP) is 3.75. The fourth-order valence-electron chi connectivity index (χ4n) is 1.05. The molecular weight excluding hydrogens is 160 g/mol. The van der Waals surface area contributed by atoms with Crippen LogP contribution in [-0.4, -0.2) is 13.2 Å². The minimum absolute atomic E-state index is 0.807. The van der Waals surface area contributed by atoms with Crippen molar-refractivity contribution >= 4 is 0 Å². The molecule has 0 aliphatic heterocycles. The van der Waals surface area contributed by atoms with Gasteiger partial charge in [-0.25, -0.2) is 0 Å². The van der Waals surface area contributed by atoms with Gasteiger partial charge in [0, 0.05) is 13.2 Å². The van der Waals surface area contributed by atoms with Gasteiger partial charge in [0.1, 0.15) is 0 Å². The first-order chi connectivity index (χ1) is 6.18. The van der Waals surface area contributed by atoms with Crippen molar-refractivity contribution in [2.75, 3.05) is 13.2 Å². The Bertz CT molecular complexity index is 143. The number of unbranched alkanes of at least 4 members (excludes halogenated alkanes) is 1. The minimum Gasteiger partial charge on any atom is -0.381 e. The lowest BCUT2D eigenvalue weighted by molar-refractivity contribution is 0.134. The van der Waals surface area contributed by atoms with Crippen LogP contribution >= 0.6 is 0 Å². The third-order valence-corrected chi connectivity index (χ3v) is 2.23. The van der Waals surface area contributed by atoms with Crippen LogP contribution in [0.3, 0.4) is 0 Å². The maximum Gasteiger partial charge on any atom is 0.0466 e. The van der Waals surface area contributed by atoms with E-state index in [2.05, 4.69) is 27.7 Å². The lowest BCUT2D eigenvalue weighted by atomic mass is 10.1. The van der Waals surface area contributed by atoms with Crippen LogP contribution < -0.4 is 0 Å². The highest BCUT2D eigenvalue weighted by Crippen LogP contribution is 2.10. The summed E-state index contributed by atoms with van der Waals surface area (Å²) >= 11 is 0. The quantitative estimate of drug-likeness (QED) is 0.431. The zero-order chi connectivity index (χ0) is 10.1. The average molecular weight is 183 g/mol. The first-order valence-corrected chi connectivity index (χ1v) is 5.18. The van der Waals surface area contributed by atoms with Crippen molar-refractivity contribution in [1.29, 1.82) is 0 Å². The summed E-state index contributed by atoms with van der Waals surface area (Å²) in [4.78, 5) is 0. The lowest BCUT2D eigenvalue weighted by Crippen LogP contribution is -1.95. The summed E-state index contributed by atoms with van der Waals surface area (Å²) in [6.07, 6.45) is 4.52. The molecule has 0 spiro atoms. The highest BCUT2D eigenvalue weighted by molar-refractivity contribution is 5.06. The van der Waals surface area contributed by atoms with Crippen molar-refractivity contribution < 1.29 is 4.74 Å². The molecule has 0 aromatic heterocycles. The van der Waals surface area contributed by atoms with Gasteiger partial charge in [-0.3, -0.25) is 0 Å². The van der Waals surface area contributed by atoms with E-state index in [9.17, 15) is 0 Å². The number of hydrogen-bond acceptors (Lipinski definition) is 1. The summed E-state index contributed by atoms with van der Waals surface area (Å²) in [5, 5.41) is 0. The van der Waals surface area contributed by atoms with Gasteiger partial charge >= 0.3 is 0 Å². The summed E-state index contributed by atoms with van der Waals surface area (Å²) < 4.78 is 5.35. The third kappa shape index (κ3) is 8.04. The molecule has 0 bridgehead atoms. The highest BCUT2D eigenvalue weighted by Gasteiger charge is 1.93. The maximum atomic E-state index is 5.35. The molecule has 0 saturated carbocycles. The maximum absolute atomic E-state index is 5.35. The first-order valence-electron chi connectivity index (χ1n) is 5.18. The van der Waals surface area contributed by atoms with Gasteiger partial charge in [-0.15, -0.1) is 0 Å². The summed E-state index contributed by atoms with van der Waals surface area (Å²) in [6.45, 7) is 12.0. The Labute approximate surface area is 83.2 Å². The van der Waals surface area contributed by atoms with Gasteiger partial charge in [-0.2, -0.15) is 0 Å². The Kier molecular flexibility index (Phi) is 8.11. The molecule has 77 valence electrons. The van der Waals surface area contributed by atoms with E-state index < -0.39 is 0 Å². The summed E-state index contributed by atoms with van der Waals surface area (Å²) in [5.41, 5.74) is 2.98. The van der Waals surface area contributed by atoms with Gasteiger partial charge < -0.3 is 4.74 Å². The normalized spacial score (nSPS) is 10.2. The van der Waals surface area contributed by atoms with E-state index in [1.807, 2.05) is 0 Å². The van der Waals surface area contributed by atoms with Crippen molar-refractivity contribution in [2.45, 2.75) is 46.5 Å². The van der Waals surface area contributed by atoms with Crippen LogP contribution in [-0.2, 0) is 4.74 Å². The smallest absolute Gasteiger partial charge is 0.0466 e. The third-order valence-electron chi connectivity index (χ3n) is 2.23. The molecule has 1 heteroatoms. The molecule has 0 N–H and O–H groups in total. The average Bonchev–Trinajstić information content (AvgIpc) is 2.10. The van der Waals surface area contributed by atoms with Crippen molar-refractivity contribution in [3.8, 4) is 0 Å². The van der Waals surface area contributed by atoms with Gasteiger partial charge in [0.05, 0.1) is 0 Å². The van der Waals surface area contributed by atoms with Gasteiger partial charge in [-0.1, -0.05) is 18.1 Å². The Morgan fingerprint density at radius 2 is 1.77 bits per heavy atom. The minimum atomic E-state index is 0.807. The number of hydrogen-bond donors (Lipinski definition) is 0. The molecule has 0 rings (SSSR count). The van der Waals surface area contributed by atoms with E-state index in [-0.39, 0.29) is 0 Å². The highest BCUT2D eigenvalue weighted by atomic mass is 16.5. The second kappa shape index (κ2) is 8.31. The molecule has 0 saturated heterocycles. The summed E-state index contributed by atoms with van der Waals surface area (Å²) in [6, 6.07) is 0. The molecule has 0 amide bonds. The molecule has 1 nitrogen and oxygen atoms in total. The summed E-state index contributed by atoms with van der Waals surface area (Å²) in [5.74, 6) is 0. The number of ether oxygens (including phenoxy) is 1. The Morgan fingerprint density at radius 3 is 2.31 bits per heavy atom. The molecule has 0 unspecified atom stereocenters. The van der Waals surface area contributed by atoms with E-state index >= 15 is 0 Å². The number of allylic oxidation sites excluding steroid dienone is 2. The molecule has 0 aromatic carbocycles. The molecule has 0 fully saturated rings. The Hall–Kier alpha value is -0.300. The topological polar surface area (TPSA) is 9.23 Å². The van der Waals surface area contributed by atoms with Crippen LogP contribution in [0, 0.1) is 6.92 Å². The van der Waals surface area contributed by atoms with Crippen LogP contribution in [0.2, 0.25) is 0 Å². The molecule has 0 atom stereocenters. The van der Waals surface area contributed by atoms with Gasteiger partial charge in [0.2, 0.25) is 0 Å². The Balaban J connectivity index is 3.22. The molecule has 0 heterocycles. The molecular formula is C12H23O. The predicted molar refractivity (Wildman–Crippen MR) is 58.7 cm³/mol. The fraction of sp³-hybridized carbons (Fsp3) is 0.750. The molecule has 0 aromatic rings. The van der Waals surface area contributed by atoms with Crippen molar-refractivity contribution in [3.05, 3.63) is 18.1 Å². The monoisotopic (exact) mass is 183 g/mol. The standard InChI is InChI=1S/C12H23O/c1-5-9-13-10-7-6-8-12(4)11(2)3/h1,5-10H2,2-4H3. The molecule has 0 aliphatic rings. The van der Waals surface area contributed by atoms with Crippen LogP contribution in [0.15, 0.2) is 11.1 Å². The van der Waals surface area contributed by atoms with E-state index in [4.69, 9.17) is 4.74 Å². The second-order valence-electron chi connectivity index (χ2n) is 3.70. The lowest BCUT2D eigenvalue weighted by Gasteiger charge is -2.04. The van der Waals surface area contributed by atoms with Gasteiger partial charge in [0.15, 0.2) is 0 Å². The fourth-order valence-corrected chi connectivity index (χ4v) is 1.05. The van der Waals surface area contributed by atoms with Gasteiger partial charge in [0.25, 0.3) is 0 Å². The number of rotatable bonds is 7. The largest absolute Gasteiger partial charge is 0.381 e. The van der Waals surface area contributed by atoms with Crippen LogP contribution in [0.1, 0.15) is 46.5 Å². The molecule has 0 aliphatic carbocycles. The van der Waals surface area contributed by atoms with Crippen LogP contribution in [0.4, 0.5) is 0 Å². The van der Waals surface area contributed by atoms with E-state index in [1.165, 1.54) is 30.4 Å². The zero-order valence-electron chi connectivity index (χ0n) is 9.36. The zero-order valence-corrected chi connectivity index (χ0v) is 9.36. The van der Waals surface area contributed by atoms with Gasteiger partial charge in [-0.05, 0) is 46.5 Å². The Morgan fingerprint density at radius 1 is 1.08 bits per heavy atom. The van der Waals surface area contributed by atoms with Crippen molar-refractivity contribution in [2.24, 2.45) is 0 Å². The van der Waals surface area contributed by atoms with E-state index in [1.54, 1.807) is 0 Å². The van der Waals surface area contributed by atoms with Crippen LogP contribution in [0.5, 0.6) is 0 Å². The van der Waals surface area contributed by atoms with E-state index in [0.717, 1.165) is 19.6 Å². The van der Waals surface area contributed by atoms with Crippen LogP contribution in [0.25, 0.3) is 0 Å². The first kappa shape index (κ1) is 12.7. The van der Waals surface area contributed by atoms with Crippen molar-refractivity contribution in [1.82, 2.24) is 0 Å². The molecule has 13 heavy (non-hydrogen) atoms. The van der Waals surface area contributed by atoms with E-state index in [0.29, 0.717) is 0 Å². The van der Waals surface area contributed by atoms with Crippen molar-refractivity contribution in [3.63, 3.8) is 0 Å². The SMILES string of the molecule is [CH2]CCOCCCCC(C)=C(C)C. The second-order valence-corrected chi connectivity index (χ2v) is 3.70. The molecule has 1 radical (unpaired) electrons.